The van der Waals surface area contributed by atoms with Gasteiger partial charge in [0.25, 0.3) is 5.56 Å². The van der Waals surface area contributed by atoms with Crippen LogP contribution in [0.4, 0.5) is 5.69 Å². The minimum atomic E-state index is -0.694. The second kappa shape index (κ2) is 6.37. The fraction of sp³-hybridized carbons (Fsp3) is 0.300. The van der Waals surface area contributed by atoms with Crippen LogP contribution in [0.3, 0.4) is 0 Å². The molecule has 1 aromatic carbocycles. The van der Waals surface area contributed by atoms with Crippen LogP contribution in [0.25, 0.3) is 10.9 Å². The zero-order chi connectivity index (χ0) is 18.3. The number of aryl methyl sites for hydroxylation is 3. The average molecular weight is 348 g/mol. The topological polar surface area (TPSA) is 76.9 Å². The van der Waals surface area contributed by atoms with Crippen molar-refractivity contribution in [1.29, 1.82) is 0 Å². The van der Waals surface area contributed by atoms with Crippen LogP contribution in [-0.2, 0) is 17.6 Å². The molecule has 1 aliphatic carbocycles. The molecule has 6 heteroatoms. The summed E-state index contributed by atoms with van der Waals surface area (Å²) in [7, 11) is 0. The molecule has 1 unspecified atom stereocenters. The Bertz CT molecular complexity index is 1070. The molecule has 0 saturated heterocycles. The van der Waals surface area contributed by atoms with E-state index in [9.17, 15) is 9.59 Å². The Hall–Kier alpha value is -3.02. The number of amides is 1. The van der Waals surface area contributed by atoms with Gasteiger partial charge in [0.05, 0.1) is 16.9 Å². The van der Waals surface area contributed by atoms with Crippen LogP contribution in [0, 0.1) is 6.92 Å². The summed E-state index contributed by atoms with van der Waals surface area (Å²) >= 11 is 0. The molecular weight excluding hydrogens is 328 g/mol. The molecule has 4 rings (SSSR count). The number of benzene rings is 1. The van der Waals surface area contributed by atoms with Gasteiger partial charge in [0.1, 0.15) is 6.04 Å². The molecule has 0 bridgehead atoms. The molecule has 0 saturated carbocycles. The molecule has 1 aliphatic rings. The van der Waals surface area contributed by atoms with Crippen LogP contribution in [0.2, 0.25) is 0 Å². The first-order valence-electron chi connectivity index (χ1n) is 8.82. The molecule has 2 aromatic heterocycles. The van der Waals surface area contributed by atoms with Crippen molar-refractivity contribution in [3.63, 3.8) is 0 Å². The van der Waals surface area contributed by atoms with E-state index in [-0.39, 0.29) is 11.5 Å². The Morgan fingerprint density at radius 3 is 2.88 bits per heavy atom. The standard InChI is InChI=1S/C20H20N4O2/c1-12-10-18(15-7-3-4-8-17(15)21-12)22-20(26)13(2)24-19(25)11-14-6-5-9-16(14)23-24/h3-4,7-8,10-11,13H,5-6,9H2,1-2H3,(H,21,22,26). The number of carbonyl (C=O) groups is 1. The van der Waals surface area contributed by atoms with Crippen molar-refractivity contribution < 1.29 is 4.79 Å². The van der Waals surface area contributed by atoms with Crippen LogP contribution in [0.15, 0.2) is 41.2 Å². The summed E-state index contributed by atoms with van der Waals surface area (Å²) in [6.07, 6.45) is 2.76. The second-order valence-corrected chi connectivity index (χ2v) is 6.75. The highest BCUT2D eigenvalue weighted by molar-refractivity contribution is 6.02. The maximum absolute atomic E-state index is 12.8. The number of fused-ring (bicyclic) bond motifs is 2. The summed E-state index contributed by atoms with van der Waals surface area (Å²) in [5, 5.41) is 8.24. The summed E-state index contributed by atoms with van der Waals surface area (Å²) in [6, 6.07) is 10.4. The maximum Gasteiger partial charge on any atom is 0.267 e. The Labute approximate surface area is 150 Å². The van der Waals surface area contributed by atoms with Crippen molar-refractivity contribution in [2.75, 3.05) is 5.32 Å². The van der Waals surface area contributed by atoms with E-state index in [1.807, 2.05) is 37.3 Å². The zero-order valence-corrected chi connectivity index (χ0v) is 14.8. The Balaban J connectivity index is 1.66. The SMILES string of the molecule is Cc1cc(NC(=O)C(C)n2nc3c(cc2=O)CCC3)c2ccccc2n1. The van der Waals surface area contributed by atoms with Crippen molar-refractivity contribution in [3.05, 3.63) is 63.7 Å². The maximum atomic E-state index is 12.8. The van der Waals surface area contributed by atoms with E-state index in [0.29, 0.717) is 5.69 Å². The molecule has 0 aliphatic heterocycles. The van der Waals surface area contributed by atoms with Crippen molar-refractivity contribution >= 4 is 22.5 Å². The summed E-state index contributed by atoms with van der Waals surface area (Å²) in [5.41, 5.74) is 4.04. The van der Waals surface area contributed by atoms with E-state index in [0.717, 1.165) is 47.1 Å². The number of nitrogens with zero attached hydrogens (tertiary/aromatic N) is 3. The van der Waals surface area contributed by atoms with Crippen molar-refractivity contribution in [2.45, 2.75) is 39.2 Å². The fourth-order valence-corrected chi connectivity index (χ4v) is 3.45. The lowest BCUT2D eigenvalue weighted by atomic mass is 10.1. The lowest BCUT2D eigenvalue weighted by Gasteiger charge is -2.16. The third-order valence-corrected chi connectivity index (χ3v) is 4.83. The predicted molar refractivity (Wildman–Crippen MR) is 100 cm³/mol. The van der Waals surface area contributed by atoms with E-state index in [1.54, 1.807) is 13.0 Å². The quantitative estimate of drug-likeness (QED) is 0.789. The van der Waals surface area contributed by atoms with Gasteiger partial charge in [-0.15, -0.1) is 0 Å². The van der Waals surface area contributed by atoms with Crippen LogP contribution in [-0.4, -0.2) is 20.7 Å². The molecule has 1 atom stereocenters. The van der Waals surface area contributed by atoms with Gasteiger partial charge in [-0.25, -0.2) is 4.68 Å². The normalized spacial score (nSPS) is 14.2. The van der Waals surface area contributed by atoms with Crippen molar-refractivity contribution in [2.24, 2.45) is 0 Å². The van der Waals surface area contributed by atoms with Crippen LogP contribution >= 0.6 is 0 Å². The highest BCUT2D eigenvalue weighted by Crippen LogP contribution is 2.24. The van der Waals surface area contributed by atoms with Gasteiger partial charge in [-0.05, 0) is 50.8 Å². The number of rotatable bonds is 3. The number of aromatic nitrogens is 3. The smallest absolute Gasteiger partial charge is 0.267 e. The first-order valence-corrected chi connectivity index (χ1v) is 8.82. The van der Waals surface area contributed by atoms with Gasteiger partial charge in [-0.2, -0.15) is 5.10 Å². The number of pyridine rings is 1. The first kappa shape index (κ1) is 16.4. The fourth-order valence-electron chi connectivity index (χ4n) is 3.45. The molecule has 2 heterocycles. The summed E-state index contributed by atoms with van der Waals surface area (Å²) in [4.78, 5) is 29.6. The molecule has 0 fully saturated rings. The minimum absolute atomic E-state index is 0.232. The van der Waals surface area contributed by atoms with E-state index < -0.39 is 6.04 Å². The van der Waals surface area contributed by atoms with Crippen LogP contribution in [0.1, 0.15) is 36.3 Å². The van der Waals surface area contributed by atoms with E-state index >= 15 is 0 Å². The summed E-state index contributed by atoms with van der Waals surface area (Å²) in [6.45, 7) is 3.58. The average Bonchev–Trinajstić information content (AvgIpc) is 3.07. The molecule has 1 amide bonds. The molecule has 132 valence electrons. The van der Waals surface area contributed by atoms with Gasteiger partial charge in [0.2, 0.25) is 5.91 Å². The number of nitrogens with one attached hydrogen (secondary N) is 1. The largest absolute Gasteiger partial charge is 0.324 e. The minimum Gasteiger partial charge on any atom is -0.324 e. The lowest BCUT2D eigenvalue weighted by molar-refractivity contribution is -0.119. The van der Waals surface area contributed by atoms with Gasteiger partial charge in [-0.1, -0.05) is 18.2 Å². The second-order valence-electron chi connectivity index (χ2n) is 6.75. The summed E-state index contributed by atoms with van der Waals surface area (Å²) < 4.78 is 1.29. The van der Waals surface area contributed by atoms with Crippen molar-refractivity contribution in [3.8, 4) is 0 Å². The Morgan fingerprint density at radius 2 is 2.04 bits per heavy atom. The Kier molecular flexibility index (Phi) is 4.03. The number of carbonyl (C=O) groups excluding carboxylic acids is 1. The highest BCUT2D eigenvalue weighted by atomic mass is 16.2. The van der Waals surface area contributed by atoms with E-state index in [1.165, 1.54) is 4.68 Å². The molecule has 3 aromatic rings. The molecule has 0 radical (unpaired) electrons. The number of para-hydroxylation sites is 1. The zero-order valence-electron chi connectivity index (χ0n) is 14.8. The van der Waals surface area contributed by atoms with Crippen LogP contribution in [0.5, 0.6) is 0 Å². The Morgan fingerprint density at radius 1 is 1.23 bits per heavy atom. The molecule has 0 spiro atoms. The van der Waals surface area contributed by atoms with Gasteiger partial charge >= 0.3 is 0 Å². The lowest BCUT2D eigenvalue weighted by Crippen LogP contribution is -2.34. The molecule has 26 heavy (non-hydrogen) atoms. The third kappa shape index (κ3) is 2.87. The number of hydrogen-bond donors (Lipinski definition) is 1. The van der Waals surface area contributed by atoms with Crippen molar-refractivity contribution in [1.82, 2.24) is 14.8 Å². The van der Waals surface area contributed by atoms with E-state index in [2.05, 4.69) is 15.4 Å². The third-order valence-electron chi connectivity index (χ3n) is 4.83. The van der Waals surface area contributed by atoms with Gasteiger partial charge in [0.15, 0.2) is 0 Å². The van der Waals surface area contributed by atoms with Gasteiger partial charge in [-0.3, -0.25) is 14.6 Å². The predicted octanol–water partition coefficient (Wildman–Crippen LogP) is 2.79. The van der Waals surface area contributed by atoms with Gasteiger partial charge < -0.3 is 5.32 Å². The highest BCUT2D eigenvalue weighted by Gasteiger charge is 2.22. The summed E-state index contributed by atoms with van der Waals surface area (Å²) in [5.74, 6) is -0.270. The molecule has 6 nitrogen and oxygen atoms in total. The van der Waals surface area contributed by atoms with E-state index in [4.69, 9.17) is 0 Å². The molecular formula is C20H20N4O2. The van der Waals surface area contributed by atoms with Crippen LogP contribution < -0.4 is 10.9 Å². The number of hydrogen-bond acceptors (Lipinski definition) is 4. The monoisotopic (exact) mass is 348 g/mol. The number of anilines is 1. The van der Waals surface area contributed by atoms with Gasteiger partial charge in [0, 0.05) is 17.1 Å². The first-order chi connectivity index (χ1) is 12.5. The molecule has 1 N–H and O–H groups in total.